The van der Waals surface area contributed by atoms with Gasteiger partial charge in [0, 0.05) is 10.6 Å². The molecule has 0 aliphatic rings. The highest BCUT2D eigenvalue weighted by Gasteiger charge is 2.65. The summed E-state index contributed by atoms with van der Waals surface area (Å²) < 4.78 is 51.3. The number of hydrogen-bond acceptors (Lipinski definition) is 4. The summed E-state index contributed by atoms with van der Waals surface area (Å²) in [6.45, 7) is 0.419. The Kier molecular flexibility index (Phi) is 7.04. The van der Waals surface area contributed by atoms with Crippen molar-refractivity contribution in [3.63, 3.8) is 0 Å². The first kappa shape index (κ1) is 21.7. The van der Waals surface area contributed by atoms with Crippen molar-refractivity contribution in [2.45, 2.75) is 25.4 Å². The topological polar surface area (TPSA) is 64.6 Å². The largest absolute Gasteiger partial charge is 0.462 e. The molecule has 0 saturated heterocycles. The van der Waals surface area contributed by atoms with Gasteiger partial charge in [0.15, 0.2) is 0 Å². The molecular weight excluding hydrogens is 399 g/mol. The Hall–Kier alpha value is -2.58. The zero-order valence-corrected chi connectivity index (χ0v) is 15.5. The first-order valence-corrected chi connectivity index (χ1v) is 8.57. The summed E-state index contributed by atoms with van der Waals surface area (Å²) in [5.41, 5.74) is -3.48. The summed E-state index contributed by atoms with van der Waals surface area (Å²) in [5, 5.41) is 1.79. The van der Waals surface area contributed by atoms with Crippen LogP contribution in [0, 0.1) is 0 Å². The minimum absolute atomic E-state index is 0.145. The molecule has 0 radical (unpaired) electrons. The van der Waals surface area contributed by atoms with Gasteiger partial charge in [-0.3, -0.25) is 4.79 Å². The van der Waals surface area contributed by atoms with Gasteiger partial charge in [0.05, 0.1) is 13.2 Å². The lowest BCUT2D eigenvalue weighted by molar-refractivity contribution is -0.287. The van der Waals surface area contributed by atoms with E-state index in [9.17, 15) is 22.8 Å². The molecule has 0 spiro atoms. The lowest BCUT2D eigenvalue weighted by Gasteiger charge is -2.33. The zero-order chi connectivity index (χ0) is 20.8. The Bertz CT molecular complexity index is 829. The van der Waals surface area contributed by atoms with Gasteiger partial charge in [-0.2, -0.15) is 13.2 Å². The summed E-state index contributed by atoms with van der Waals surface area (Å²) >= 11 is 5.78. The number of amides is 1. The zero-order valence-electron chi connectivity index (χ0n) is 14.8. The van der Waals surface area contributed by atoms with Crippen LogP contribution in [0.1, 0.15) is 22.8 Å². The predicted molar refractivity (Wildman–Crippen MR) is 95.6 cm³/mol. The van der Waals surface area contributed by atoms with E-state index in [2.05, 4.69) is 4.74 Å². The van der Waals surface area contributed by atoms with Crippen LogP contribution in [0.15, 0.2) is 54.6 Å². The molecule has 2 rings (SSSR count). The van der Waals surface area contributed by atoms with E-state index in [0.717, 1.165) is 0 Å². The second kappa shape index (κ2) is 9.07. The number of rotatable bonds is 7. The fraction of sp³-hybridized carbons (Fsp3) is 0.263. The first-order chi connectivity index (χ1) is 13.2. The molecule has 28 heavy (non-hydrogen) atoms. The SMILES string of the molecule is CCOC(=O)[C@@](NC(=O)c1cccc(Cl)c1)(OCc1ccccc1)C(F)(F)F. The maximum Gasteiger partial charge on any atom is 0.448 e. The Morgan fingerprint density at radius 3 is 2.32 bits per heavy atom. The number of ether oxygens (including phenoxy) is 2. The molecule has 0 saturated carbocycles. The summed E-state index contributed by atoms with van der Waals surface area (Å²) in [6.07, 6.45) is -5.29. The van der Waals surface area contributed by atoms with Crippen molar-refractivity contribution >= 4 is 23.5 Å². The highest BCUT2D eigenvalue weighted by atomic mass is 35.5. The number of benzene rings is 2. The van der Waals surface area contributed by atoms with Crippen molar-refractivity contribution in [1.82, 2.24) is 5.32 Å². The third-order valence-electron chi connectivity index (χ3n) is 3.64. The lowest BCUT2D eigenvalue weighted by atomic mass is 10.1. The van der Waals surface area contributed by atoms with E-state index in [1.807, 2.05) is 0 Å². The van der Waals surface area contributed by atoms with Crippen LogP contribution in [0.3, 0.4) is 0 Å². The van der Waals surface area contributed by atoms with Crippen molar-refractivity contribution < 1.29 is 32.2 Å². The van der Waals surface area contributed by atoms with Gasteiger partial charge in [0.1, 0.15) is 0 Å². The van der Waals surface area contributed by atoms with E-state index in [1.54, 1.807) is 23.5 Å². The molecule has 1 amide bonds. The summed E-state index contributed by atoms with van der Waals surface area (Å²) in [5.74, 6) is -2.96. The minimum Gasteiger partial charge on any atom is -0.462 e. The number of alkyl halides is 3. The predicted octanol–water partition coefficient (Wildman–Crippen LogP) is 4.11. The third-order valence-corrected chi connectivity index (χ3v) is 3.87. The minimum atomic E-state index is -5.29. The van der Waals surface area contributed by atoms with E-state index in [-0.39, 0.29) is 17.2 Å². The van der Waals surface area contributed by atoms with Gasteiger partial charge in [0.2, 0.25) is 0 Å². The van der Waals surface area contributed by atoms with Crippen LogP contribution in [0.25, 0.3) is 0 Å². The van der Waals surface area contributed by atoms with Crippen molar-refractivity contribution in [2.75, 3.05) is 6.61 Å². The van der Waals surface area contributed by atoms with Gasteiger partial charge in [-0.1, -0.05) is 48.0 Å². The molecule has 0 aliphatic carbocycles. The molecule has 2 aromatic carbocycles. The third kappa shape index (κ3) is 5.02. The first-order valence-electron chi connectivity index (χ1n) is 8.19. The molecule has 0 unspecified atom stereocenters. The van der Waals surface area contributed by atoms with Crippen molar-refractivity contribution in [2.24, 2.45) is 0 Å². The normalized spacial score (nSPS) is 13.5. The molecule has 0 aliphatic heterocycles. The second-order valence-electron chi connectivity index (χ2n) is 5.64. The fourth-order valence-corrected chi connectivity index (χ4v) is 2.47. The number of carbonyl (C=O) groups excluding carboxylic acids is 2. The van der Waals surface area contributed by atoms with Gasteiger partial charge in [-0.15, -0.1) is 0 Å². The Morgan fingerprint density at radius 2 is 1.75 bits per heavy atom. The molecule has 1 atom stereocenters. The van der Waals surface area contributed by atoms with E-state index < -0.39 is 30.4 Å². The van der Waals surface area contributed by atoms with E-state index in [0.29, 0.717) is 5.56 Å². The van der Waals surface area contributed by atoms with Crippen LogP contribution >= 0.6 is 11.6 Å². The van der Waals surface area contributed by atoms with E-state index in [1.165, 1.54) is 43.3 Å². The van der Waals surface area contributed by atoms with Gasteiger partial charge in [0.25, 0.3) is 5.91 Å². The van der Waals surface area contributed by atoms with Crippen LogP contribution in [0.2, 0.25) is 5.02 Å². The number of esters is 1. The number of halogens is 4. The molecule has 0 aromatic heterocycles. The Labute approximate surface area is 164 Å². The molecule has 2 aromatic rings. The average Bonchev–Trinajstić information content (AvgIpc) is 2.65. The van der Waals surface area contributed by atoms with E-state index >= 15 is 0 Å². The lowest BCUT2D eigenvalue weighted by Crippen LogP contribution is -2.66. The standard InChI is InChI=1S/C19H17ClF3NO4/c1-2-27-17(26)18(19(21,22)23,28-12-13-7-4-3-5-8-13)24-16(25)14-9-6-10-15(20)11-14/h3-11H,2,12H2,1H3,(H,24,25)/t18-/m1/s1. The highest BCUT2D eigenvalue weighted by Crippen LogP contribution is 2.34. The van der Waals surface area contributed by atoms with Crippen molar-refractivity contribution in [3.05, 3.63) is 70.7 Å². The van der Waals surface area contributed by atoms with Crippen LogP contribution in [-0.4, -0.2) is 30.4 Å². The van der Waals surface area contributed by atoms with Gasteiger partial charge in [-0.25, -0.2) is 4.79 Å². The van der Waals surface area contributed by atoms with Gasteiger partial charge >= 0.3 is 17.9 Å². The van der Waals surface area contributed by atoms with Crippen LogP contribution in [0.5, 0.6) is 0 Å². The van der Waals surface area contributed by atoms with Crippen LogP contribution in [0.4, 0.5) is 13.2 Å². The highest BCUT2D eigenvalue weighted by molar-refractivity contribution is 6.31. The molecule has 0 heterocycles. The quantitative estimate of drug-likeness (QED) is 0.546. The molecule has 0 bridgehead atoms. The molecular formula is C19H17ClF3NO4. The summed E-state index contributed by atoms with van der Waals surface area (Å²) in [7, 11) is 0. The molecule has 150 valence electrons. The monoisotopic (exact) mass is 415 g/mol. The second-order valence-corrected chi connectivity index (χ2v) is 6.07. The smallest absolute Gasteiger partial charge is 0.448 e. The van der Waals surface area contributed by atoms with E-state index in [4.69, 9.17) is 16.3 Å². The fourth-order valence-electron chi connectivity index (χ4n) is 2.27. The number of nitrogens with one attached hydrogen (secondary N) is 1. The van der Waals surface area contributed by atoms with Gasteiger partial charge < -0.3 is 14.8 Å². The number of hydrogen-bond donors (Lipinski definition) is 1. The molecule has 0 fully saturated rings. The molecule has 9 heteroatoms. The maximum absolute atomic E-state index is 13.9. The Balaban J connectivity index is 2.40. The number of carbonyl (C=O) groups is 2. The van der Waals surface area contributed by atoms with Gasteiger partial charge in [-0.05, 0) is 30.7 Å². The van der Waals surface area contributed by atoms with Crippen molar-refractivity contribution in [1.29, 1.82) is 0 Å². The average molecular weight is 416 g/mol. The van der Waals surface area contributed by atoms with Crippen LogP contribution in [-0.2, 0) is 20.9 Å². The summed E-state index contributed by atoms with van der Waals surface area (Å²) in [6, 6.07) is 13.2. The molecule has 5 nitrogen and oxygen atoms in total. The van der Waals surface area contributed by atoms with Crippen molar-refractivity contribution in [3.8, 4) is 0 Å². The molecule has 1 N–H and O–H groups in total. The van der Waals surface area contributed by atoms with Crippen LogP contribution < -0.4 is 5.32 Å². The summed E-state index contributed by atoms with van der Waals surface area (Å²) in [4.78, 5) is 24.7. The Morgan fingerprint density at radius 1 is 1.07 bits per heavy atom. The maximum atomic E-state index is 13.9.